The number of carbonyl (C=O) groups is 2. The number of hydrogen-bond donors (Lipinski definition) is 3. The molecule has 0 saturated carbocycles. The van der Waals surface area contributed by atoms with Crippen molar-refractivity contribution < 1.29 is 27.9 Å². The second kappa shape index (κ2) is 11.3. The zero-order valence-electron chi connectivity index (χ0n) is 19.7. The van der Waals surface area contributed by atoms with Crippen molar-refractivity contribution in [1.82, 2.24) is 10.3 Å². The third-order valence-electron chi connectivity index (χ3n) is 5.44. The lowest BCUT2D eigenvalue weighted by atomic mass is 10.2. The van der Waals surface area contributed by atoms with Crippen molar-refractivity contribution in [1.29, 1.82) is 0 Å². The van der Waals surface area contributed by atoms with Gasteiger partial charge in [-0.25, -0.2) is 17.7 Å². The maximum absolute atomic E-state index is 13.7. The summed E-state index contributed by atoms with van der Waals surface area (Å²) in [5.74, 6) is -1.27. The van der Waals surface area contributed by atoms with Crippen LogP contribution in [0.2, 0.25) is 15.1 Å². The average Bonchev–Trinajstić information content (AvgIpc) is 2.86. The maximum Gasteiger partial charge on any atom is 0.265 e. The van der Waals surface area contributed by atoms with E-state index in [0.29, 0.717) is 0 Å². The zero-order chi connectivity index (χ0) is 27.6. The van der Waals surface area contributed by atoms with E-state index >= 15 is 0 Å². The van der Waals surface area contributed by atoms with Gasteiger partial charge in [0.15, 0.2) is 11.6 Å². The maximum atomic E-state index is 13.7. The summed E-state index contributed by atoms with van der Waals surface area (Å²) in [4.78, 5) is 28.9. The van der Waals surface area contributed by atoms with E-state index in [9.17, 15) is 23.1 Å². The van der Waals surface area contributed by atoms with E-state index in [1.165, 1.54) is 55.5 Å². The summed E-state index contributed by atoms with van der Waals surface area (Å²) < 4.78 is 34.2. The lowest BCUT2D eigenvalue weighted by molar-refractivity contribution is -0.128. The van der Waals surface area contributed by atoms with E-state index in [1.54, 1.807) is 6.07 Å². The SMILES string of the molecule is C[C@H](O)C(=O)NC[C@H]1CN(S(=O)(=O)c2cccc(Cl)c2)c2nc(NC(=O)c3c(Cl)cccc3Cl)ccc2O1. The molecule has 200 valence electrons. The monoisotopic (exact) mass is 598 g/mol. The first-order valence-electron chi connectivity index (χ1n) is 11.1. The Bertz CT molecular complexity index is 1480. The molecule has 2 aromatic carbocycles. The number of hydrogen-bond acceptors (Lipinski definition) is 7. The van der Waals surface area contributed by atoms with Crippen molar-refractivity contribution >= 4 is 68.3 Å². The van der Waals surface area contributed by atoms with Crippen LogP contribution in [-0.2, 0) is 14.8 Å². The number of amides is 2. The molecule has 1 aromatic heterocycles. The molecule has 1 aliphatic rings. The van der Waals surface area contributed by atoms with Gasteiger partial charge < -0.3 is 20.5 Å². The van der Waals surface area contributed by atoms with Gasteiger partial charge in [0.2, 0.25) is 5.91 Å². The van der Waals surface area contributed by atoms with Crippen molar-refractivity contribution in [3.8, 4) is 5.75 Å². The van der Waals surface area contributed by atoms with Crippen LogP contribution < -0.4 is 19.7 Å². The summed E-state index contributed by atoms with van der Waals surface area (Å²) in [5.41, 5.74) is 0.0314. The summed E-state index contributed by atoms with van der Waals surface area (Å²) >= 11 is 18.3. The number of nitrogens with zero attached hydrogens (tertiary/aromatic N) is 2. The smallest absolute Gasteiger partial charge is 0.265 e. The van der Waals surface area contributed by atoms with Gasteiger partial charge in [-0.3, -0.25) is 9.59 Å². The number of nitrogens with one attached hydrogen (secondary N) is 2. The highest BCUT2D eigenvalue weighted by Crippen LogP contribution is 2.37. The number of rotatable bonds is 7. The minimum atomic E-state index is -4.21. The third kappa shape index (κ3) is 5.97. The Hall–Kier alpha value is -3.09. The average molecular weight is 600 g/mol. The Morgan fingerprint density at radius 3 is 2.47 bits per heavy atom. The standard InChI is InChI=1S/C24H21Cl3N4O6S/c1-13(32)23(33)28-11-15-12-31(38(35,36)16-5-2-4-14(25)10-16)22-19(37-15)8-9-20(29-22)30-24(34)21-17(26)6-3-7-18(21)27/h2-10,13,15,32H,11-12H2,1H3,(H,28,33)(H,29,30,34)/t13-,15-/m0/s1. The molecule has 1 aliphatic heterocycles. The fourth-order valence-electron chi connectivity index (χ4n) is 3.59. The van der Waals surface area contributed by atoms with Crippen molar-refractivity contribution in [3.63, 3.8) is 0 Å². The fraction of sp³-hybridized carbons (Fsp3) is 0.208. The minimum Gasteiger partial charge on any atom is -0.483 e. The van der Waals surface area contributed by atoms with Crippen LogP contribution in [0.1, 0.15) is 17.3 Å². The number of anilines is 2. The van der Waals surface area contributed by atoms with Crippen molar-refractivity contribution in [2.45, 2.75) is 24.0 Å². The van der Waals surface area contributed by atoms with Gasteiger partial charge in [-0.05, 0) is 49.4 Å². The van der Waals surface area contributed by atoms with E-state index in [4.69, 9.17) is 39.5 Å². The Balaban J connectivity index is 1.70. The first-order valence-corrected chi connectivity index (χ1v) is 13.7. The summed E-state index contributed by atoms with van der Waals surface area (Å²) in [5, 5.41) is 15.0. The Kier molecular flexibility index (Phi) is 8.34. The molecule has 0 radical (unpaired) electrons. The number of benzene rings is 2. The number of sulfonamides is 1. The van der Waals surface area contributed by atoms with Crippen molar-refractivity contribution in [3.05, 3.63) is 75.2 Å². The molecule has 0 spiro atoms. The number of aliphatic hydroxyl groups excluding tert-OH is 1. The van der Waals surface area contributed by atoms with E-state index < -0.39 is 34.0 Å². The van der Waals surface area contributed by atoms with Gasteiger partial charge in [0, 0.05) is 5.02 Å². The second-order valence-corrected chi connectivity index (χ2v) is 11.3. The van der Waals surface area contributed by atoms with Gasteiger partial charge >= 0.3 is 0 Å². The Morgan fingerprint density at radius 1 is 1.13 bits per heavy atom. The summed E-state index contributed by atoms with van der Waals surface area (Å²) in [6.45, 7) is 0.981. The molecular weight excluding hydrogens is 579 g/mol. The van der Waals surface area contributed by atoms with Crippen LogP contribution in [0.3, 0.4) is 0 Å². The highest BCUT2D eigenvalue weighted by molar-refractivity contribution is 7.92. The molecule has 3 N–H and O–H groups in total. The van der Waals surface area contributed by atoms with Gasteiger partial charge in [0.1, 0.15) is 18.0 Å². The van der Waals surface area contributed by atoms with Crippen molar-refractivity contribution in [2.75, 3.05) is 22.7 Å². The van der Waals surface area contributed by atoms with Gasteiger partial charge in [0.05, 0.1) is 33.6 Å². The lowest BCUT2D eigenvalue weighted by Gasteiger charge is -2.34. The number of carbonyl (C=O) groups excluding carboxylic acids is 2. The molecule has 4 rings (SSSR count). The van der Waals surface area contributed by atoms with Gasteiger partial charge in [-0.1, -0.05) is 46.9 Å². The van der Waals surface area contributed by atoms with E-state index in [2.05, 4.69) is 15.6 Å². The number of pyridine rings is 1. The molecule has 0 unspecified atom stereocenters. The normalized spacial score (nSPS) is 15.7. The topological polar surface area (TPSA) is 138 Å². The quantitative estimate of drug-likeness (QED) is 0.376. The number of halogens is 3. The van der Waals surface area contributed by atoms with Crippen LogP contribution in [0, 0.1) is 0 Å². The molecule has 0 bridgehead atoms. The number of ether oxygens (including phenoxy) is 1. The van der Waals surface area contributed by atoms with Crippen LogP contribution in [-0.4, -0.2) is 55.6 Å². The molecule has 14 heteroatoms. The molecule has 0 fully saturated rings. The Morgan fingerprint density at radius 2 is 1.82 bits per heavy atom. The summed E-state index contributed by atoms with van der Waals surface area (Å²) in [6.07, 6.45) is -2.07. The van der Waals surface area contributed by atoms with Gasteiger partial charge in [0.25, 0.3) is 15.9 Å². The molecule has 0 aliphatic carbocycles. The lowest BCUT2D eigenvalue weighted by Crippen LogP contribution is -2.49. The summed E-state index contributed by atoms with van der Waals surface area (Å²) in [7, 11) is -4.21. The van der Waals surface area contributed by atoms with Crippen LogP contribution in [0.25, 0.3) is 0 Å². The zero-order valence-corrected chi connectivity index (χ0v) is 22.8. The predicted octanol–water partition coefficient (Wildman–Crippen LogP) is 3.75. The van der Waals surface area contributed by atoms with E-state index in [0.717, 1.165) is 4.31 Å². The first kappa shape index (κ1) is 27.9. The number of aromatic nitrogens is 1. The molecule has 0 saturated heterocycles. The fourth-order valence-corrected chi connectivity index (χ4v) is 5.92. The molecule has 3 aromatic rings. The third-order valence-corrected chi connectivity index (χ3v) is 8.05. The molecule has 2 atom stereocenters. The number of fused-ring (bicyclic) bond motifs is 1. The molecule has 2 heterocycles. The Labute approximate surface area is 233 Å². The van der Waals surface area contributed by atoms with Gasteiger partial charge in [-0.15, -0.1) is 0 Å². The molecule has 10 nitrogen and oxygen atoms in total. The molecule has 38 heavy (non-hydrogen) atoms. The largest absolute Gasteiger partial charge is 0.483 e. The van der Waals surface area contributed by atoms with E-state index in [1.807, 2.05) is 0 Å². The molecular formula is C24H21Cl3N4O6S. The van der Waals surface area contributed by atoms with Crippen LogP contribution in [0.5, 0.6) is 5.75 Å². The van der Waals surface area contributed by atoms with Crippen molar-refractivity contribution in [2.24, 2.45) is 0 Å². The van der Waals surface area contributed by atoms with E-state index in [-0.39, 0.29) is 56.0 Å². The van der Waals surface area contributed by atoms with Crippen LogP contribution in [0.15, 0.2) is 59.5 Å². The predicted molar refractivity (Wildman–Crippen MR) is 144 cm³/mol. The first-order chi connectivity index (χ1) is 18.0. The highest BCUT2D eigenvalue weighted by Gasteiger charge is 2.36. The molecule has 2 amide bonds. The highest BCUT2D eigenvalue weighted by atomic mass is 35.5. The minimum absolute atomic E-state index is 0.0143. The summed E-state index contributed by atoms with van der Waals surface area (Å²) in [6, 6.07) is 13.2. The second-order valence-electron chi connectivity index (χ2n) is 8.22. The number of aliphatic hydroxyl groups is 1. The van der Waals surface area contributed by atoms with Crippen LogP contribution in [0.4, 0.5) is 11.6 Å². The van der Waals surface area contributed by atoms with Gasteiger partial charge in [-0.2, -0.15) is 0 Å². The van der Waals surface area contributed by atoms with Crippen LogP contribution >= 0.6 is 34.8 Å².